The van der Waals surface area contributed by atoms with Crippen molar-refractivity contribution in [2.75, 3.05) is 0 Å². The van der Waals surface area contributed by atoms with Crippen LogP contribution < -0.4 is 5.43 Å². The van der Waals surface area contributed by atoms with Crippen LogP contribution in [0.25, 0.3) is 44.3 Å². The van der Waals surface area contributed by atoms with Crippen LogP contribution in [-0.4, -0.2) is 11.3 Å². The molecule has 0 radical (unpaired) electrons. The fourth-order valence-electron chi connectivity index (χ4n) is 3.65. The van der Waals surface area contributed by atoms with E-state index in [1.54, 1.807) is 18.2 Å². The van der Waals surface area contributed by atoms with Crippen LogP contribution in [0.4, 0.5) is 0 Å². The number of nitrogens with one attached hydrogen (secondary N) is 1. The molecule has 5 aromatic rings. The summed E-state index contributed by atoms with van der Waals surface area (Å²) in [6.07, 6.45) is 0.667. The van der Waals surface area contributed by atoms with Crippen molar-refractivity contribution in [2.24, 2.45) is 0 Å². The van der Waals surface area contributed by atoms with Crippen LogP contribution in [0.2, 0.25) is 0 Å². The third kappa shape index (κ3) is 2.47. The molecule has 2 heterocycles. The number of aldehydes is 1. The Bertz CT molecular complexity index is 1390. The second-order valence-electron chi connectivity index (χ2n) is 6.60. The SMILES string of the molecule is O=Cc1ccc(-c2cccc3c(=O)c4cccc(-c5ccccc5)c4[nH]c23)o1. The maximum absolute atomic E-state index is 13.2. The minimum Gasteiger partial charge on any atom is -0.453 e. The van der Waals surface area contributed by atoms with E-state index in [0.29, 0.717) is 28.3 Å². The predicted octanol–water partition coefficient (Wildman–Crippen LogP) is 5.42. The molecule has 0 aliphatic rings. The number of rotatable bonds is 3. The highest BCUT2D eigenvalue weighted by Gasteiger charge is 2.14. The quantitative estimate of drug-likeness (QED) is 0.343. The Morgan fingerprint density at radius 1 is 0.714 bits per heavy atom. The number of pyridine rings is 1. The van der Waals surface area contributed by atoms with Crippen LogP contribution in [0.1, 0.15) is 10.6 Å². The highest BCUT2D eigenvalue weighted by Crippen LogP contribution is 2.31. The van der Waals surface area contributed by atoms with E-state index in [2.05, 4.69) is 4.98 Å². The Labute approximate surface area is 160 Å². The number of carbonyl (C=O) groups excluding carboxylic acids is 1. The average Bonchev–Trinajstić information content (AvgIpc) is 3.23. The summed E-state index contributed by atoms with van der Waals surface area (Å²) >= 11 is 0. The number of hydrogen-bond acceptors (Lipinski definition) is 3. The number of aromatic nitrogens is 1. The summed E-state index contributed by atoms with van der Waals surface area (Å²) < 4.78 is 5.60. The van der Waals surface area contributed by atoms with Crippen molar-refractivity contribution in [3.05, 3.63) is 94.8 Å². The molecule has 0 fully saturated rings. The van der Waals surface area contributed by atoms with Crippen LogP contribution in [0.15, 0.2) is 88.1 Å². The zero-order valence-corrected chi connectivity index (χ0v) is 14.8. The first-order valence-electron chi connectivity index (χ1n) is 8.95. The first-order chi connectivity index (χ1) is 13.8. The van der Waals surface area contributed by atoms with Gasteiger partial charge in [0.05, 0.1) is 11.0 Å². The Morgan fingerprint density at radius 3 is 2.07 bits per heavy atom. The maximum atomic E-state index is 13.2. The van der Waals surface area contributed by atoms with Gasteiger partial charge in [-0.3, -0.25) is 9.59 Å². The molecule has 0 bridgehead atoms. The lowest BCUT2D eigenvalue weighted by Crippen LogP contribution is -2.05. The van der Waals surface area contributed by atoms with Crippen molar-refractivity contribution >= 4 is 28.1 Å². The number of benzene rings is 3. The predicted molar refractivity (Wildman–Crippen MR) is 111 cm³/mol. The van der Waals surface area contributed by atoms with E-state index in [4.69, 9.17) is 4.42 Å². The number of hydrogen-bond donors (Lipinski definition) is 1. The summed E-state index contributed by atoms with van der Waals surface area (Å²) in [5.74, 6) is 0.792. The minimum atomic E-state index is -0.0365. The second-order valence-corrected chi connectivity index (χ2v) is 6.60. The number of furan rings is 1. The number of carbonyl (C=O) groups is 1. The van der Waals surface area contributed by atoms with Crippen molar-refractivity contribution in [1.82, 2.24) is 4.98 Å². The van der Waals surface area contributed by atoms with Crippen molar-refractivity contribution < 1.29 is 9.21 Å². The molecule has 0 saturated heterocycles. The van der Waals surface area contributed by atoms with Gasteiger partial charge in [0.2, 0.25) is 0 Å². The van der Waals surface area contributed by atoms with Gasteiger partial charge in [-0.25, -0.2) is 0 Å². The van der Waals surface area contributed by atoms with E-state index in [0.717, 1.165) is 22.2 Å². The Kier molecular flexibility index (Phi) is 3.69. The lowest BCUT2D eigenvalue weighted by atomic mass is 9.99. The fourth-order valence-corrected chi connectivity index (χ4v) is 3.65. The normalized spacial score (nSPS) is 11.1. The van der Waals surface area contributed by atoms with E-state index in [9.17, 15) is 9.59 Å². The Balaban J connectivity index is 1.88. The smallest absolute Gasteiger partial charge is 0.197 e. The third-order valence-corrected chi connectivity index (χ3v) is 4.96. The van der Waals surface area contributed by atoms with E-state index in [1.807, 2.05) is 60.7 Å². The van der Waals surface area contributed by atoms with E-state index in [1.165, 1.54) is 0 Å². The molecule has 0 aliphatic heterocycles. The molecule has 2 aromatic heterocycles. The maximum Gasteiger partial charge on any atom is 0.197 e. The summed E-state index contributed by atoms with van der Waals surface area (Å²) in [5.41, 5.74) is 4.16. The van der Waals surface area contributed by atoms with Crippen molar-refractivity contribution in [2.45, 2.75) is 0 Å². The van der Waals surface area contributed by atoms with Crippen LogP contribution in [-0.2, 0) is 0 Å². The van der Waals surface area contributed by atoms with Gasteiger partial charge in [0.25, 0.3) is 0 Å². The van der Waals surface area contributed by atoms with Crippen molar-refractivity contribution in [3.63, 3.8) is 0 Å². The van der Waals surface area contributed by atoms with Gasteiger partial charge in [-0.1, -0.05) is 48.5 Å². The lowest BCUT2D eigenvalue weighted by Gasteiger charge is -2.10. The largest absolute Gasteiger partial charge is 0.453 e. The van der Waals surface area contributed by atoms with Gasteiger partial charge in [0, 0.05) is 21.9 Å². The highest BCUT2D eigenvalue weighted by molar-refractivity contribution is 6.03. The number of para-hydroxylation sites is 2. The van der Waals surface area contributed by atoms with Crippen molar-refractivity contribution in [3.8, 4) is 22.5 Å². The first kappa shape index (κ1) is 16.3. The molecule has 4 nitrogen and oxygen atoms in total. The molecule has 0 saturated carbocycles. The molecule has 0 spiro atoms. The van der Waals surface area contributed by atoms with Crippen LogP contribution in [0.5, 0.6) is 0 Å². The van der Waals surface area contributed by atoms with Crippen molar-refractivity contribution in [1.29, 1.82) is 0 Å². The number of aromatic amines is 1. The Hall–Kier alpha value is -3.92. The Morgan fingerprint density at radius 2 is 1.39 bits per heavy atom. The second kappa shape index (κ2) is 6.35. The van der Waals surface area contributed by atoms with Gasteiger partial charge < -0.3 is 9.40 Å². The fraction of sp³-hybridized carbons (Fsp3) is 0. The minimum absolute atomic E-state index is 0.0365. The zero-order chi connectivity index (χ0) is 19.1. The van der Waals surface area contributed by atoms with Crippen LogP contribution in [0.3, 0.4) is 0 Å². The van der Waals surface area contributed by atoms with Gasteiger partial charge in [0.15, 0.2) is 17.5 Å². The molecule has 3 aromatic carbocycles. The average molecular weight is 365 g/mol. The summed E-state index contributed by atoms with van der Waals surface area (Å²) in [7, 11) is 0. The van der Waals surface area contributed by atoms with Crippen LogP contribution >= 0.6 is 0 Å². The lowest BCUT2D eigenvalue weighted by molar-refractivity contribution is 0.110. The summed E-state index contributed by atoms with van der Waals surface area (Å²) in [4.78, 5) is 27.7. The summed E-state index contributed by atoms with van der Waals surface area (Å²) in [6.45, 7) is 0. The van der Waals surface area contributed by atoms with Gasteiger partial charge >= 0.3 is 0 Å². The summed E-state index contributed by atoms with van der Waals surface area (Å²) in [5, 5.41) is 1.22. The molecular formula is C24H15NO3. The molecule has 0 aliphatic carbocycles. The van der Waals surface area contributed by atoms with Gasteiger partial charge in [-0.05, 0) is 35.9 Å². The number of H-pyrrole nitrogens is 1. The molecule has 1 N–H and O–H groups in total. The molecule has 0 amide bonds. The van der Waals surface area contributed by atoms with Gasteiger partial charge in [-0.2, -0.15) is 0 Å². The van der Waals surface area contributed by atoms with Gasteiger partial charge in [-0.15, -0.1) is 0 Å². The molecule has 0 atom stereocenters. The standard InChI is InChI=1S/C24H15NO3/c26-14-16-12-13-21(28-16)18-9-5-11-20-23(18)25-22-17(15-6-2-1-3-7-15)8-4-10-19(22)24(20)27/h1-14H,(H,25,27). The topological polar surface area (TPSA) is 63.1 Å². The van der Waals surface area contributed by atoms with E-state index in [-0.39, 0.29) is 11.2 Å². The molecule has 0 unspecified atom stereocenters. The van der Waals surface area contributed by atoms with Gasteiger partial charge in [0.1, 0.15) is 5.76 Å². The molecule has 134 valence electrons. The van der Waals surface area contributed by atoms with E-state index >= 15 is 0 Å². The third-order valence-electron chi connectivity index (χ3n) is 4.96. The molecule has 5 rings (SSSR count). The first-order valence-corrected chi connectivity index (χ1v) is 8.95. The molecule has 28 heavy (non-hydrogen) atoms. The van der Waals surface area contributed by atoms with Crippen LogP contribution in [0, 0.1) is 0 Å². The monoisotopic (exact) mass is 365 g/mol. The molecular weight excluding hydrogens is 350 g/mol. The highest BCUT2D eigenvalue weighted by atomic mass is 16.3. The summed E-state index contributed by atoms with van der Waals surface area (Å²) in [6, 6.07) is 24.6. The number of fused-ring (bicyclic) bond motifs is 2. The zero-order valence-electron chi connectivity index (χ0n) is 14.8. The van der Waals surface area contributed by atoms with E-state index < -0.39 is 0 Å². The molecule has 4 heteroatoms.